The number of allylic oxidation sites excluding steroid dienone is 2. The Morgan fingerprint density at radius 2 is 1.67 bits per heavy atom. The highest BCUT2D eigenvalue weighted by molar-refractivity contribution is 5.66. The molecule has 4 atom stereocenters. The maximum Gasteiger partial charge on any atom is 0.303 e. The van der Waals surface area contributed by atoms with Crippen LogP contribution in [0.15, 0.2) is 60.7 Å². The minimum absolute atomic E-state index is 0.00683. The van der Waals surface area contributed by atoms with Gasteiger partial charge >= 0.3 is 5.97 Å². The molecule has 5 heteroatoms. The van der Waals surface area contributed by atoms with Crippen LogP contribution in [0.4, 0.5) is 0 Å². The Balaban J connectivity index is 1.38. The number of carboxylic acid groups (broad SMARTS) is 1. The van der Waals surface area contributed by atoms with Crippen molar-refractivity contribution in [2.75, 3.05) is 13.1 Å². The molecule has 5 nitrogen and oxygen atoms in total. The van der Waals surface area contributed by atoms with Gasteiger partial charge in [0.05, 0.1) is 18.8 Å². The van der Waals surface area contributed by atoms with Crippen molar-refractivity contribution >= 4 is 5.97 Å². The van der Waals surface area contributed by atoms with Gasteiger partial charge in [-0.3, -0.25) is 9.69 Å². The smallest absolute Gasteiger partial charge is 0.303 e. The Morgan fingerprint density at radius 1 is 1.00 bits per heavy atom. The Morgan fingerprint density at radius 3 is 2.33 bits per heavy atom. The standard InChI is InChI=1S/C31H41NO4/c1-23-11-15-25(16-12-23)26-17-13-24(14-18-26)22-36-29-21-28(33)31(32-19-7-4-8-20-32)27(29)9-5-2-3-6-10-30(34)35/h2,5,11-18,27-29,31,33H,3-4,6-10,19-22H2,1H3,(H,34,35)/t27-,28+,29-,31+/m0/s1. The third kappa shape index (κ3) is 7.28. The van der Waals surface area contributed by atoms with Gasteiger partial charge in [0.2, 0.25) is 0 Å². The van der Waals surface area contributed by atoms with Crippen LogP contribution in [-0.4, -0.2) is 52.4 Å². The van der Waals surface area contributed by atoms with Crippen molar-refractivity contribution in [3.63, 3.8) is 0 Å². The van der Waals surface area contributed by atoms with E-state index < -0.39 is 5.97 Å². The van der Waals surface area contributed by atoms with Gasteiger partial charge in [0.15, 0.2) is 0 Å². The van der Waals surface area contributed by atoms with Gasteiger partial charge in [-0.15, -0.1) is 0 Å². The molecule has 0 spiro atoms. The molecule has 0 bridgehead atoms. The monoisotopic (exact) mass is 491 g/mol. The lowest BCUT2D eigenvalue weighted by atomic mass is 9.93. The zero-order chi connectivity index (χ0) is 25.3. The molecule has 194 valence electrons. The Hall–Kier alpha value is -2.47. The van der Waals surface area contributed by atoms with Crippen LogP contribution in [0.5, 0.6) is 0 Å². The van der Waals surface area contributed by atoms with Gasteiger partial charge in [-0.2, -0.15) is 0 Å². The summed E-state index contributed by atoms with van der Waals surface area (Å²) in [6.45, 7) is 4.74. The fraction of sp³-hybridized carbons (Fsp3) is 0.516. The average molecular weight is 492 g/mol. The number of rotatable bonds is 11. The van der Waals surface area contributed by atoms with Crippen molar-refractivity contribution in [2.45, 2.75) is 83.1 Å². The zero-order valence-corrected chi connectivity index (χ0v) is 21.5. The van der Waals surface area contributed by atoms with Gasteiger partial charge in [0, 0.05) is 24.8 Å². The number of aliphatic hydroxyl groups excluding tert-OH is 1. The number of aliphatic hydroxyl groups is 1. The number of carboxylic acids is 1. The molecule has 0 radical (unpaired) electrons. The first-order valence-electron chi connectivity index (χ1n) is 13.6. The second-order valence-corrected chi connectivity index (χ2v) is 10.5. The summed E-state index contributed by atoms with van der Waals surface area (Å²) < 4.78 is 6.47. The number of ether oxygens (including phenoxy) is 1. The molecule has 0 aromatic heterocycles. The summed E-state index contributed by atoms with van der Waals surface area (Å²) in [6.07, 6.45) is 10.7. The van der Waals surface area contributed by atoms with Crippen LogP contribution < -0.4 is 0 Å². The van der Waals surface area contributed by atoms with Gasteiger partial charge in [-0.1, -0.05) is 72.7 Å². The number of aryl methyl sites for hydroxylation is 1. The van der Waals surface area contributed by atoms with E-state index in [2.05, 4.69) is 72.5 Å². The van der Waals surface area contributed by atoms with Crippen LogP contribution in [0.2, 0.25) is 0 Å². The van der Waals surface area contributed by atoms with E-state index in [1.54, 1.807) is 0 Å². The lowest BCUT2D eigenvalue weighted by molar-refractivity contribution is -0.137. The second-order valence-electron chi connectivity index (χ2n) is 10.5. The van der Waals surface area contributed by atoms with E-state index in [4.69, 9.17) is 9.84 Å². The number of piperidine rings is 1. The third-order valence-electron chi connectivity index (χ3n) is 7.74. The summed E-state index contributed by atoms with van der Waals surface area (Å²) in [5.41, 5.74) is 4.82. The summed E-state index contributed by atoms with van der Waals surface area (Å²) >= 11 is 0. The van der Waals surface area contributed by atoms with Crippen LogP contribution in [0, 0.1) is 12.8 Å². The molecule has 1 aliphatic heterocycles. The number of hydrogen-bond acceptors (Lipinski definition) is 4. The van der Waals surface area contributed by atoms with Gasteiger partial charge in [0.25, 0.3) is 0 Å². The number of hydrogen-bond donors (Lipinski definition) is 2. The van der Waals surface area contributed by atoms with E-state index in [-0.39, 0.29) is 30.6 Å². The van der Waals surface area contributed by atoms with E-state index >= 15 is 0 Å². The fourth-order valence-electron chi connectivity index (χ4n) is 5.76. The van der Waals surface area contributed by atoms with E-state index in [1.807, 2.05) is 0 Å². The van der Waals surface area contributed by atoms with Crippen LogP contribution in [0.1, 0.15) is 62.5 Å². The van der Waals surface area contributed by atoms with E-state index in [0.29, 0.717) is 19.4 Å². The SMILES string of the molecule is Cc1ccc(-c2ccc(CO[C@H]3C[C@@H](O)[C@H](N4CCCCC4)[C@H]3CC=CCCCC(=O)O)cc2)cc1. The van der Waals surface area contributed by atoms with Crippen molar-refractivity contribution in [1.82, 2.24) is 4.90 Å². The molecule has 0 unspecified atom stereocenters. The van der Waals surface area contributed by atoms with Crippen molar-refractivity contribution in [3.8, 4) is 11.1 Å². The highest BCUT2D eigenvalue weighted by Crippen LogP contribution is 2.37. The molecule has 0 amide bonds. The molecule has 1 aliphatic carbocycles. The summed E-state index contributed by atoms with van der Waals surface area (Å²) in [5.74, 6) is -0.506. The number of nitrogens with zero attached hydrogens (tertiary/aromatic N) is 1. The lowest BCUT2D eigenvalue weighted by Crippen LogP contribution is -2.47. The van der Waals surface area contributed by atoms with Gasteiger partial charge in [-0.25, -0.2) is 0 Å². The second kappa shape index (κ2) is 13.2. The lowest BCUT2D eigenvalue weighted by Gasteiger charge is -2.37. The number of unbranched alkanes of at least 4 members (excludes halogenated alkanes) is 1. The molecular formula is C31H41NO4. The van der Waals surface area contributed by atoms with Crippen LogP contribution in [0.25, 0.3) is 11.1 Å². The molecule has 2 aromatic carbocycles. The first-order valence-corrected chi connectivity index (χ1v) is 13.6. The van der Waals surface area contributed by atoms with Crippen molar-refractivity contribution < 1.29 is 19.7 Å². The molecule has 1 saturated carbocycles. The first kappa shape index (κ1) is 26.6. The molecule has 1 saturated heterocycles. The average Bonchev–Trinajstić information content (AvgIpc) is 3.20. The largest absolute Gasteiger partial charge is 0.481 e. The van der Waals surface area contributed by atoms with E-state index in [1.165, 1.54) is 36.0 Å². The molecule has 2 aromatic rings. The molecule has 2 aliphatic rings. The highest BCUT2D eigenvalue weighted by Gasteiger charge is 2.45. The van der Waals surface area contributed by atoms with Crippen molar-refractivity contribution in [3.05, 3.63) is 71.8 Å². The van der Waals surface area contributed by atoms with Crippen molar-refractivity contribution in [2.24, 2.45) is 5.92 Å². The number of likely N-dealkylation sites (tertiary alicyclic amines) is 1. The number of benzene rings is 2. The van der Waals surface area contributed by atoms with Crippen LogP contribution >= 0.6 is 0 Å². The van der Waals surface area contributed by atoms with E-state index in [9.17, 15) is 9.90 Å². The Labute approximate surface area is 215 Å². The van der Waals surface area contributed by atoms with Crippen LogP contribution in [0.3, 0.4) is 0 Å². The minimum Gasteiger partial charge on any atom is -0.481 e. The fourth-order valence-corrected chi connectivity index (χ4v) is 5.76. The molecule has 2 fully saturated rings. The zero-order valence-electron chi connectivity index (χ0n) is 21.5. The van der Waals surface area contributed by atoms with Gasteiger partial charge in [-0.05, 0) is 68.8 Å². The predicted molar refractivity (Wildman–Crippen MR) is 144 cm³/mol. The minimum atomic E-state index is -0.743. The first-order chi connectivity index (χ1) is 17.5. The molecule has 4 rings (SSSR count). The van der Waals surface area contributed by atoms with E-state index in [0.717, 1.165) is 31.5 Å². The molecule has 36 heavy (non-hydrogen) atoms. The summed E-state index contributed by atoms with van der Waals surface area (Å²) in [5, 5.41) is 19.9. The maximum atomic E-state index is 11.1. The third-order valence-corrected chi connectivity index (χ3v) is 7.74. The van der Waals surface area contributed by atoms with Crippen molar-refractivity contribution in [1.29, 1.82) is 0 Å². The summed E-state index contributed by atoms with van der Waals surface area (Å²) in [7, 11) is 0. The highest BCUT2D eigenvalue weighted by atomic mass is 16.5. The van der Waals surface area contributed by atoms with Crippen LogP contribution in [-0.2, 0) is 16.1 Å². The normalized spacial score (nSPS) is 24.9. The number of carbonyl (C=O) groups is 1. The predicted octanol–water partition coefficient (Wildman–Crippen LogP) is 5.98. The van der Waals surface area contributed by atoms with Gasteiger partial charge < -0.3 is 14.9 Å². The molecule has 2 N–H and O–H groups in total. The molecular weight excluding hydrogens is 450 g/mol. The Bertz CT molecular complexity index is 979. The summed E-state index contributed by atoms with van der Waals surface area (Å²) in [6, 6.07) is 17.3. The van der Waals surface area contributed by atoms with Gasteiger partial charge in [0.1, 0.15) is 0 Å². The Kier molecular flexibility index (Phi) is 9.74. The number of aliphatic carboxylic acids is 1. The summed E-state index contributed by atoms with van der Waals surface area (Å²) in [4.78, 5) is 13.2. The topological polar surface area (TPSA) is 70.0 Å². The quantitative estimate of drug-likeness (QED) is 0.299. The molecule has 1 heterocycles. The maximum absolute atomic E-state index is 11.1.